The first-order chi connectivity index (χ1) is 17.1. The summed E-state index contributed by atoms with van der Waals surface area (Å²) in [4.78, 5) is 13.0. The number of anilines is 1. The Morgan fingerprint density at radius 2 is 2.06 bits per heavy atom. The Morgan fingerprint density at radius 1 is 1.28 bits per heavy atom. The van der Waals surface area contributed by atoms with E-state index < -0.39 is 11.6 Å². The zero-order chi connectivity index (χ0) is 26.0. The van der Waals surface area contributed by atoms with E-state index in [4.69, 9.17) is 38.5 Å². The minimum atomic E-state index is -2.18. The molecule has 1 aliphatic carbocycles. The highest BCUT2D eigenvalue weighted by Crippen LogP contribution is 2.37. The largest absolute Gasteiger partial charge is 0.489 e. The Balaban J connectivity index is 1.43. The number of nitrogens with one attached hydrogen (secondary N) is 2. The molecule has 1 fully saturated rings. The van der Waals surface area contributed by atoms with Crippen LogP contribution in [0.4, 0.5) is 10.1 Å². The molecule has 0 saturated carbocycles. The minimum Gasteiger partial charge on any atom is -0.489 e. The Morgan fingerprint density at radius 3 is 2.72 bits per heavy atom. The van der Waals surface area contributed by atoms with Crippen LogP contribution in [-0.2, 0) is 17.8 Å². The maximum absolute atomic E-state index is 14.4. The van der Waals surface area contributed by atoms with Gasteiger partial charge in [0.25, 0.3) is 0 Å². The standard InChI is InChI=1S/C27H30Cl2FN3O3/c1-16(2)32-23-8-3-17(11-22(23)25(29)31)14-36-20-6-7-21-18(12-20)4-5-19(24(21)28)13-33-10-9-27(30,15-33)26(34)35/h3,6-8,11-12,16,31-32H,4-5,9-10,13-15H2,1-2H3,(H,34,35). The van der Waals surface area contributed by atoms with E-state index in [9.17, 15) is 9.18 Å². The lowest BCUT2D eigenvalue weighted by atomic mass is 9.91. The predicted octanol–water partition coefficient (Wildman–Crippen LogP) is 6.04. The molecule has 0 spiro atoms. The van der Waals surface area contributed by atoms with Gasteiger partial charge in [0, 0.05) is 48.4 Å². The molecule has 2 aliphatic rings. The molecule has 2 aromatic carbocycles. The first-order valence-electron chi connectivity index (χ1n) is 12.0. The summed E-state index contributed by atoms with van der Waals surface area (Å²) in [6, 6.07) is 11.7. The lowest BCUT2D eigenvalue weighted by Crippen LogP contribution is -2.37. The molecule has 1 heterocycles. The molecular formula is C27H30Cl2FN3O3. The molecule has 1 unspecified atom stereocenters. The number of rotatable bonds is 9. The van der Waals surface area contributed by atoms with Crippen molar-refractivity contribution < 1.29 is 19.0 Å². The predicted molar refractivity (Wildman–Crippen MR) is 142 cm³/mol. The van der Waals surface area contributed by atoms with Gasteiger partial charge in [0.05, 0.1) is 0 Å². The Hall–Kier alpha value is -2.61. The Bertz CT molecular complexity index is 1220. The van der Waals surface area contributed by atoms with Crippen LogP contribution >= 0.6 is 23.2 Å². The van der Waals surface area contributed by atoms with Crippen molar-refractivity contribution in [1.29, 1.82) is 5.41 Å². The Kier molecular flexibility index (Phi) is 7.93. The van der Waals surface area contributed by atoms with E-state index in [0.717, 1.165) is 46.5 Å². The molecule has 9 heteroatoms. The lowest BCUT2D eigenvalue weighted by molar-refractivity contribution is -0.149. The number of carbonyl (C=O) groups is 1. The second-order valence-electron chi connectivity index (χ2n) is 9.75. The van der Waals surface area contributed by atoms with Gasteiger partial charge in [-0.3, -0.25) is 10.3 Å². The zero-order valence-electron chi connectivity index (χ0n) is 20.3. The van der Waals surface area contributed by atoms with Crippen molar-refractivity contribution in [1.82, 2.24) is 4.90 Å². The third-order valence-electron chi connectivity index (χ3n) is 6.59. The summed E-state index contributed by atoms with van der Waals surface area (Å²) < 4.78 is 20.5. The molecule has 3 N–H and O–H groups in total. The van der Waals surface area contributed by atoms with E-state index in [1.165, 1.54) is 0 Å². The molecule has 192 valence electrons. The van der Waals surface area contributed by atoms with Crippen molar-refractivity contribution in [2.45, 2.75) is 51.4 Å². The number of benzene rings is 2. The monoisotopic (exact) mass is 533 g/mol. The summed E-state index contributed by atoms with van der Waals surface area (Å²) in [5, 5.41) is 20.9. The molecule has 0 radical (unpaired) electrons. The number of nitrogens with zero attached hydrogens (tertiary/aromatic N) is 1. The fourth-order valence-corrected chi connectivity index (χ4v) is 5.20. The zero-order valence-corrected chi connectivity index (χ0v) is 21.8. The van der Waals surface area contributed by atoms with Crippen LogP contribution in [0.5, 0.6) is 5.75 Å². The van der Waals surface area contributed by atoms with Gasteiger partial charge in [-0.2, -0.15) is 0 Å². The van der Waals surface area contributed by atoms with Gasteiger partial charge >= 0.3 is 5.97 Å². The van der Waals surface area contributed by atoms with Crippen molar-refractivity contribution in [2.24, 2.45) is 0 Å². The maximum atomic E-state index is 14.4. The van der Waals surface area contributed by atoms with Gasteiger partial charge in [-0.25, -0.2) is 9.18 Å². The number of likely N-dealkylation sites (tertiary alicyclic amines) is 1. The fourth-order valence-electron chi connectivity index (χ4n) is 4.71. The van der Waals surface area contributed by atoms with Crippen LogP contribution in [0.15, 0.2) is 42.0 Å². The molecule has 1 aliphatic heterocycles. The first-order valence-corrected chi connectivity index (χ1v) is 12.7. The number of aryl methyl sites for hydroxylation is 1. The number of aliphatic carboxylic acids is 1. The highest BCUT2D eigenvalue weighted by atomic mass is 35.5. The van der Waals surface area contributed by atoms with Crippen molar-refractivity contribution >= 4 is 45.1 Å². The smallest absolute Gasteiger partial charge is 0.342 e. The average molecular weight is 534 g/mol. The van der Waals surface area contributed by atoms with Crippen LogP contribution in [-0.4, -0.2) is 52.5 Å². The van der Waals surface area contributed by atoms with Gasteiger partial charge in [0.1, 0.15) is 17.5 Å². The number of hydrogen-bond donors (Lipinski definition) is 3. The third-order valence-corrected chi connectivity index (χ3v) is 7.26. The maximum Gasteiger partial charge on any atom is 0.342 e. The van der Waals surface area contributed by atoms with E-state index in [2.05, 4.69) is 5.32 Å². The summed E-state index contributed by atoms with van der Waals surface area (Å²) in [7, 11) is 0. The first kappa shape index (κ1) is 26.5. The van der Waals surface area contributed by atoms with Crippen molar-refractivity contribution in [3.63, 3.8) is 0 Å². The summed E-state index contributed by atoms with van der Waals surface area (Å²) in [5.74, 6) is -0.677. The summed E-state index contributed by atoms with van der Waals surface area (Å²) in [5.41, 5.74) is 3.17. The molecule has 1 atom stereocenters. The van der Waals surface area contributed by atoms with Gasteiger partial charge in [-0.1, -0.05) is 29.3 Å². The van der Waals surface area contributed by atoms with Crippen molar-refractivity contribution in [3.05, 3.63) is 64.2 Å². The molecule has 0 amide bonds. The number of carboxylic acid groups (broad SMARTS) is 1. The number of halogens is 3. The molecule has 4 rings (SSSR count). The van der Waals surface area contributed by atoms with E-state index in [0.29, 0.717) is 30.3 Å². The van der Waals surface area contributed by atoms with Gasteiger partial charge in [0.15, 0.2) is 0 Å². The number of hydrogen-bond acceptors (Lipinski definition) is 5. The van der Waals surface area contributed by atoms with E-state index in [-0.39, 0.29) is 24.2 Å². The van der Waals surface area contributed by atoms with Crippen LogP contribution < -0.4 is 10.1 Å². The van der Waals surface area contributed by atoms with E-state index in [1.807, 2.05) is 55.1 Å². The SMILES string of the molecule is CC(C)Nc1ccc(COc2ccc3c(c2)CCC(CN2CCC(F)(C(=O)O)C2)=C3Cl)cc1C(=N)Cl. The minimum absolute atomic E-state index is 0.00495. The average Bonchev–Trinajstić information content (AvgIpc) is 3.21. The number of carboxylic acids is 1. The molecule has 0 aromatic heterocycles. The number of ether oxygens (including phenoxy) is 1. The van der Waals surface area contributed by atoms with Gasteiger partial charge in [-0.05, 0) is 79.3 Å². The lowest BCUT2D eigenvalue weighted by Gasteiger charge is -2.25. The third kappa shape index (κ3) is 5.85. The van der Waals surface area contributed by atoms with Crippen LogP contribution in [0, 0.1) is 5.41 Å². The molecule has 6 nitrogen and oxygen atoms in total. The highest BCUT2D eigenvalue weighted by molar-refractivity contribution is 6.69. The molecule has 2 aromatic rings. The fraction of sp³-hybridized carbons (Fsp3) is 0.407. The van der Waals surface area contributed by atoms with E-state index >= 15 is 0 Å². The van der Waals surface area contributed by atoms with Crippen LogP contribution in [0.2, 0.25) is 0 Å². The van der Waals surface area contributed by atoms with Gasteiger partial charge < -0.3 is 15.2 Å². The molecule has 0 bridgehead atoms. The Labute approximate surface area is 220 Å². The van der Waals surface area contributed by atoms with Crippen molar-refractivity contribution in [2.75, 3.05) is 25.0 Å². The van der Waals surface area contributed by atoms with Gasteiger partial charge in [-0.15, -0.1) is 0 Å². The number of fused-ring (bicyclic) bond motifs is 1. The summed E-state index contributed by atoms with van der Waals surface area (Å²) in [6.45, 7) is 5.13. The molecular weight excluding hydrogens is 504 g/mol. The second kappa shape index (κ2) is 10.8. The van der Waals surface area contributed by atoms with Crippen LogP contribution in [0.3, 0.4) is 0 Å². The molecule has 36 heavy (non-hydrogen) atoms. The van der Waals surface area contributed by atoms with E-state index in [1.54, 1.807) is 0 Å². The van der Waals surface area contributed by atoms with Crippen LogP contribution in [0.25, 0.3) is 5.03 Å². The normalized spacial score (nSPS) is 19.9. The molecule has 1 saturated heterocycles. The van der Waals surface area contributed by atoms with Crippen molar-refractivity contribution in [3.8, 4) is 5.75 Å². The number of alkyl halides is 1. The topological polar surface area (TPSA) is 85.7 Å². The summed E-state index contributed by atoms with van der Waals surface area (Å²) in [6.07, 6.45) is 1.49. The van der Waals surface area contributed by atoms with Crippen LogP contribution in [0.1, 0.15) is 48.9 Å². The highest BCUT2D eigenvalue weighted by Gasteiger charge is 2.45. The quantitative estimate of drug-likeness (QED) is 0.342. The second-order valence-corrected chi connectivity index (χ2v) is 10.5. The summed E-state index contributed by atoms with van der Waals surface area (Å²) >= 11 is 12.7. The van der Waals surface area contributed by atoms with Gasteiger partial charge in [0.2, 0.25) is 5.67 Å².